The number of nitrogen functional groups attached to an aromatic ring is 1. The minimum atomic E-state index is -0.450. The molecule has 72 valence electrons. The summed E-state index contributed by atoms with van der Waals surface area (Å²) in [4.78, 5) is 4.00. The largest absolute Gasteiger partial charge is 0.396 e. The lowest BCUT2D eigenvalue weighted by Crippen LogP contribution is -1.91. The van der Waals surface area contributed by atoms with E-state index in [0.29, 0.717) is 17.3 Å². The van der Waals surface area contributed by atoms with Crippen LogP contribution in [0.25, 0.3) is 11.4 Å². The summed E-state index contributed by atoms with van der Waals surface area (Å²) in [6.45, 7) is 1.68. The molecule has 0 unspecified atom stereocenters. The molecule has 2 N–H and O–H groups in total. The van der Waals surface area contributed by atoms with E-state index in [9.17, 15) is 4.39 Å². The van der Waals surface area contributed by atoms with Crippen LogP contribution >= 0.6 is 0 Å². The summed E-state index contributed by atoms with van der Waals surface area (Å²) < 4.78 is 17.6. The maximum atomic E-state index is 12.8. The van der Waals surface area contributed by atoms with Gasteiger partial charge >= 0.3 is 0 Å². The first-order valence-electron chi connectivity index (χ1n) is 4.02. The first-order chi connectivity index (χ1) is 6.66. The summed E-state index contributed by atoms with van der Waals surface area (Å²) in [5.74, 6) is 0.422. The number of nitrogens with two attached hydrogens (primary N) is 1. The Balaban J connectivity index is 2.47. The molecule has 0 saturated heterocycles. The molecule has 1 heterocycles. The summed E-state index contributed by atoms with van der Waals surface area (Å²) in [6.07, 6.45) is 0. The van der Waals surface area contributed by atoms with Crippen molar-refractivity contribution in [1.29, 1.82) is 0 Å². The fraction of sp³-hybridized carbons (Fsp3) is 0.111. The summed E-state index contributed by atoms with van der Waals surface area (Å²) in [7, 11) is 0. The van der Waals surface area contributed by atoms with Crippen LogP contribution in [0.2, 0.25) is 0 Å². The lowest BCUT2D eigenvalue weighted by molar-refractivity contribution is 0.394. The number of aromatic nitrogens is 2. The molecule has 0 radical (unpaired) electrons. The predicted octanol–water partition coefficient (Wildman–Crippen LogP) is 1.77. The van der Waals surface area contributed by atoms with Crippen LogP contribution in [0.3, 0.4) is 0 Å². The number of rotatable bonds is 1. The van der Waals surface area contributed by atoms with Gasteiger partial charge in [0.05, 0.1) is 5.69 Å². The number of anilines is 1. The quantitative estimate of drug-likeness (QED) is 0.701. The van der Waals surface area contributed by atoms with E-state index < -0.39 is 5.82 Å². The SMILES string of the molecule is Cc1nc(-c2ccc(F)c(N)c2)no1. The van der Waals surface area contributed by atoms with E-state index in [0.717, 1.165) is 0 Å². The van der Waals surface area contributed by atoms with Gasteiger partial charge in [-0.15, -0.1) is 0 Å². The lowest BCUT2D eigenvalue weighted by Gasteiger charge is -1.97. The van der Waals surface area contributed by atoms with Crippen LogP contribution < -0.4 is 5.73 Å². The van der Waals surface area contributed by atoms with Crippen LogP contribution in [-0.2, 0) is 0 Å². The molecule has 14 heavy (non-hydrogen) atoms. The summed E-state index contributed by atoms with van der Waals surface area (Å²) >= 11 is 0. The van der Waals surface area contributed by atoms with Crippen molar-refractivity contribution in [2.24, 2.45) is 0 Å². The maximum absolute atomic E-state index is 12.8. The molecule has 0 atom stereocenters. The third-order valence-electron chi connectivity index (χ3n) is 1.78. The zero-order valence-electron chi connectivity index (χ0n) is 7.49. The third-order valence-corrected chi connectivity index (χ3v) is 1.78. The van der Waals surface area contributed by atoms with Crippen molar-refractivity contribution in [2.45, 2.75) is 6.92 Å². The number of halogens is 1. The molecule has 0 fully saturated rings. The van der Waals surface area contributed by atoms with E-state index in [1.54, 1.807) is 13.0 Å². The Hall–Kier alpha value is -1.91. The number of hydrogen-bond donors (Lipinski definition) is 1. The van der Waals surface area contributed by atoms with E-state index in [4.69, 9.17) is 10.3 Å². The van der Waals surface area contributed by atoms with Crippen LogP contribution in [0.1, 0.15) is 5.89 Å². The Bertz CT molecular complexity index is 467. The van der Waals surface area contributed by atoms with Gasteiger partial charge in [0.2, 0.25) is 11.7 Å². The second-order valence-corrected chi connectivity index (χ2v) is 2.87. The zero-order chi connectivity index (χ0) is 10.1. The van der Waals surface area contributed by atoms with Crippen LogP contribution in [0.5, 0.6) is 0 Å². The highest BCUT2D eigenvalue weighted by molar-refractivity contribution is 5.60. The van der Waals surface area contributed by atoms with Crippen molar-refractivity contribution >= 4 is 5.69 Å². The van der Waals surface area contributed by atoms with Gasteiger partial charge in [0.25, 0.3) is 0 Å². The average molecular weight is 193 g/mol. The van der Waals surface area contributed by atoms with Gasteiger partial charge < -0.3 is 10.3 Å². The Morgan fingerprint density at radius 3 is 2.79 bits per heavy atom. The van der Waals surface area contributed by atoms with Gasteiger partial charge in [-0.3, -0.25) is 0 Å². The number of hydrogen-bond acceptors (Lipinski definition) is 4. The molecule has 0 saturated carbocycles. The number of benzene rings is 1. The zero-order valence-corrected chi connectivity index (χ0v) is 7.49. The molecular weight excluding hydrogens is 185 g/mol. The van der Waals surface area contributed by atoms with Crippen molar-refractivity contribution in [3.05, 3.63) is 29.9 Å². The molecule has 0 spiro atoms. The van der Waals surface area contributed by atoms with Gasteiger partial charge in [-0.1, -0.05) is 5.16 Å². The molecule has 5 heteroatoms. The Labute approximate surface area is 79.5 Å². The van der Waals surface area contributed by atoms with Crippen molar-refractivity contribution < 1.29 is 8.91 Å². The first kappa shape index (κ1) is 8.68. The first-order valence-corrected chi connectivity index (χ1v) is 4.02. The van der Waals surface area contributed by atoms with Crippen molar-refractivity contribution in [3.63, 3.8) is 0 Å². The topological polar surface area (TPSA) is 64.9 Å². The maximum Gasteiger partial charge on any atom is 0.223 e. The predicted molar refractivity (Wildman–Crippen MR) is 48.8 cm³/mol. The lowest BCUT2D eigenvalue weighted by atomic mass is 10.2. The molecule has 4 nitrogen and oxygen atoms in total. The van der Waals surface area contributed by atoms with E-state index in [1.165, 1.54) is 12.1 Å². The van der Waals surface area contributed by atoms with E-state index in [2.05, 4.69) is 10.1 Å². The van der Waals surface area contributed by atoms with Crippen molar-refractivity contribution in [3.8, 4) is 11.4 Å². The van der Waals surface area contributed by atoms with Gasteiger partial charge in [0.1, 0.15) is 5.82 Å². The Kier molecular flexibility index (Phi) is 1.92. The molecule has 2 rings (SSSR count). The van der Waals surface area contributed by atoms with Crippen LogP contribution in [0.4, 0.5) is 10.1 Å². The third kappa shape index (κ3) is 1.44. The number of aryl methyl sites for hydroxylation is 1. The van der Waals surface area contributed by atoms with E-state index in [-0.39, 0.29) is 5.69 Å². The normalized spacial score (nSPS) is 10.4. The molecule has 1 aromatic carbocycles. The van der Waals surface area contributed by atoms with E-state index in [1.807, 2.05) is 0 Å². The van der Waals surface area contributed by atoms with Crippen molar-refractivity contribution in [1.82, 2.24) is 10.1 Å². The molecule has 1 aromatic heterocycles. The van der Waals surface area contributed by atoms with E-state index >= 15 is 0 Å². The fourth-order valence-electron chi connectivity index (χ4n) is 1.10. The summed E-state index contributed by atoms with van der Waals surface area (Å²) in [5.41, 5.74) is 6.12. The second kappa shape index (κ2) is 3.10. The van der Waals surface area contributed by atoms with Crippen LogP contribution in [0.15, 0.2) is 22.7 Å². The average Bonchev–Trinajstić information content (AvgIpc) is 2.57. The van der Waals surface area contributed by atoms with Gasteiger partial charge in [0.15, 0.2) is 0 Å². The Morgan fingerprint density at radius 2 is 2.21 bits per heavy atom. The molecule has 0 aliphatic carbocycles. The number of nitrogens with zero attached hydrogens (tertiary/aromatic N) is 2. The minimum absolute atomic E-state index is 0.0740. The highest BCUT2D eigenvalue weighted by atomic mass is 19.1. The molecule has 0 bridgehead atoms. The highest BCUT2D eigenvalue weighted by Crippen LogP contribution is 2.20. The van der Waals surface area contributed by atoms with Crippen LogP contribution in [-0.4, -0.2) is 10.1 Å². The standard InChI is InChI=1S/C9H8FN3O/c1-5-12-9(13-14-5)6-2-3-7(10)8(11)4-6/h2-4H,11H2,1H3. The van der Waals surface area contributed by atoms with Gasteiger partial charge in [0, 0.05) is 12.5 Å². The van der Waals surface area contributed by atoms with Gasteiger partial charge in [-0.2, -0.15) is 4.98 Å². The van der Waals surface area contributed by atoms with Crippen LogP contribution in [0, 0.1) is 12.7 Å². The summed E-state index contributed by atoms with van der Waals surface area (Å²) in [6, 6.07) is 4.30. The Morgan fingerprint density at radius 1 is 1.43 bits per heavy atom. The molecule has 2 aromatic rings. The smallest absolute Gasteiger partial charge is 0.223 e. The minimum Gasteiger partial charge on any atom is -0.396 e. The molecule has 0 aliphatic rings. The monoisotopic (exact) mass is 193 g/mol. The summed E-state index contributed by atoms with van der Waals surface area (Å²) in [5, 5.41) is 3.69. The van der Waals surface area contributed by atoms with Crippen molar-refractivity contribution in [2.75, 3.05) is 5.73 Å². The molecule has 0 amide bonds. The molecular formula is C9H8FN3O. The van der Waals surface area contributed by atoms with Gasteiger partial charge in [-0.05, 0) is 18.2 Å². The fourth-order valence-corrected chi connectivity index (χ4v) is 1.10. The highest BCUT2D eigenvalue weighted by Gasteiger charge is 2.07. The second-order valence-electron chi connectivity index (χ2n) is 2.87. The molecule has 0 aliphatic heterocycles. The van der Waals surface area contributed by atoms with Gasteiger partial charge in [-0.25, -0.2) is 4.39 Å².